The fourth-order valence-corrected chi connectivity index (χ4v) is 1.61. The van der Waals surface area contributed by atoms with Gasteiger partial charge in [0.1, 0.15) is 19.3 Å². The van der Waals surface area contributed by atoms with E-state index in [1.165, 1.54) is 0 Å². The van der Waals surface area contributed by atoms with Gasteiger partial charge in [-0.1, -0.05) is 6.07 Å². The van der Waals surface area contributed by atoms with Gasteiger partial charge in [-0.2, -0.15) is 0 Å². The minimum absolute atomic E-state index is 0.302. The molecule has 4 N–H and O–H groups in total. The normalized spacial score (nSPS) is 15.2. The van der Waals surface area contributed by atoms with Crippen molar-refractivity contribution in [1.82, 2.24) is 10.9 Å². The van der Waals surface area contributed by atoms with E-state index in [2.05, 4.69) is 10.9 Å². The van der Waals surface area contributed by atoms with Gasteiger partial charge in [-0.25, -0.2) is 5.43 Å². The van der Waals surface area contributed by atoms with Crippen molar-refractivity contribution in [3.8, 4) is 11.5 Å². The summed E-state index contributed by atoms with van der Waals surface area (Å²) < 4.78 is 10.8. The highest BCUT2D eigenvalue weighted by Gasteiger charge is 2.19. The molecule has 1 unspecified atom stereocenters. The Morgan fingerprint density at radius 3 is 2.76 bits per heavy atom. The molecule has 6 heteroatoms. The second-order valence-corrected chi connectivity index (χ2v) is 3.62. The van der Waals surface area contributed by atoms with Crippen molar-refractivity contribution in [2.45, 2.75) is 6.04 Å². The molecular weight excluding hydrogens is 222 g/mol. The third kappa shape index (κ3) is 2.48. The van der Waals surface area contributed by atoms with Crippen molar-refractivity contribution >= 4 is 5.91 Å². The van der Waals surface area contributed by atoms with E-state index in [0.717, 1.165) is 0 Å². The molecule has 0 spiro atoms. The molecular formula is C11H15N3O3. The Kier molecular flexibility index (Phi) is 3.46. The summed E-state index contributed by atoms with van der Waals surface area (Å²) in [5.41, 5.74) is 11.5. The Morgan fingerprint density at radius 1 is 1.35 bits per heavy atom. The molecule has 0 radical (unpaired) electrons. The molecule has 0 saturated heterocycles. The zero-order valence-corrected chi connectivity index (χ0v) is 9.53. The van der Waals surface area contributed by atoms with E-state index in [-0.39, 0.29) is 5.91 Å². The van der Waals surface area contributed by atoms with Gasteiger partial charge in [0.05, 0.1) is 0 Å². The zero-order chi connectivity index (χ0) is 12.3. The lowest BCUT2D eigenvalue weighted by atomic mass is 10.1. The number of nitrogens with one attached hydrogen (secondary N) is 2. The van der Waals surface area contributed by atoms with E-state index >= 15 is 0 Å². The number of hydrazine groups is 1. The van der Waals surface area contributed by atoms with Crippen LogP contribution in [-0.4, -0.2) is 26.2 Å². The lowest BCUT2D eigenvalue weighted by molar-refractivity contribution is -0.123. The van der Waals surface area contributed by atoms with Gasteiger partial charge in [0, 0.05) is 7.05 Å². The van der Waals surface area contributed by atoms with Crippen molar-refractivity contribution in [2.24, 2.45) is 5.73 Å². The van der Waals surface area contributed by atoms with Gasteiger partial charge < -0.3 is 15.2 Å². The van der Waals surface area contributed by atoms with Crippen molar-refractivity contribution in [1.29, 1.82) is 0 Å². The quantitative estimate of drug-likeness (QED) is 0.629. The molecule has 0 aliphatic carbocycles. The maximum atomic E-state index is 11.5. The fourth-order valence-electron chi connectivity index (χ4n) is 1.61. The van der Waals surface area contributed by atoms with Crippen LogP contribution in [0.1, 0.15) is 11.6 Å². The van der Waals surface area contributed by atoms with E-state index in [9.17, 15) is 4.79 Å². The van der Waals surface area contributed by atoms with Crippen LogP contribution in [0, 0.1) is 0 Å². The molecule has 2 rings (SSSR count). The lowest BCUT2D eigenvalue weighted by Crippen LogP contribution is -2.40. The molecule has 0 saturated carbocycles. The Bertz CT molecular complexity index is 422. The minimum Gasteiger partial charge on any atom is -0.486 e. The fraction of sp³-hybridized carbons (Fsp3) is 0.364. The maximum Gasteiger partial charge on any atom is 0.255 e. The van der Waals surface area contributed by atoms with Crippen LogP contribution in [0.2, 0.25) is 0 Å². The highest BCUT2D eigenvalue weighted by Crippen LogP contribution is 2.32. The van der Waals surface area contributed by atoms with Crippen LogP contribution in [0.25, 0.3) is 0 Å². The monoisotopic (exact) mass is 237 g/mol. The van der Waals surface area contributed by atoms with Crippen molar-refractivity contribution < 1.29 is 14.3 Å². The number of amides is 1. The number of hydrogen-bond donors (Lipinski definition) is 3. The van der Waals surface area contributed by atoms with Crippen LogP contribution in [0.5, 0.6) is 11.5 Å². The van der Waals surface area contributed by atoms with E-state index in [1.807, 2.05) is 0 Å². The van der Waals surface area contributed by atoms with Crippen LogP contribution < -0.4 is 26.1 Å². The number of fused-ring (bicyclic) bond motifs is 1. The topological polar surface area (TPSA) is 85.6 Å². The molecule has 1 aromatic carbocycles. The maximum absolute atomic E-state index is 11.5. The average molecular weight is 237 g/mol. The summed E-state index contributed by atoms with van der Waals surface area (Å²) in [5.74, 6) is 1.01. The van der Waals surface area contributed by atoms with Crippen LogP contribution >= 0.6 is 0 Å². The predicted octanol–water partition coefficient (Wildman–Crippen LogP) is -0.292. The number of ether oxygens (including phenoxy) is 2. The third-order valence-electron chi connectivity index (χ3n) is 2.46. The molecule has 1 atom stereocenters. The molecule has 0 aromatic heterocycles. The molecule has 1 heterocycles. The van der Waals surface area contributed by atoms with Crippen molar-refractivity contribution in [3.05, 3.63) is 23.8 Å². The van der Waals surface area contributed by atoms with Gasteiger partial charge in [0.2, 0.25) is 0 Å². The molecule has 1 aliphatic rings. The molecule has 1 amide bonds. The van der Waals surface area contributed by atoms with E-state index in [1.54, 1.807) is 25.2 Å². The van der Waals surface area contributed by atoms with Crippen LogP contribution in [0.3, 0.4) is 0 Å². The highest BCUT2D eigenvalue weighted by molar-refractivity contribution is 5.82. The second-order valence-electron chi connectivity index (χ2n) is 3.62. The second kappa shape index (κ2) is 5.03. The Balaban J connectivity index is 2.18. The van der Waals surface area contributed by atoms with Crippen LogP contribution in [-0.2, 0) is 4.79 Å². The molecule has 1 aliphatic heterocycles. The zero-order valence-electron chi connectivity index (χ0n) is 9.53. The van der Waals surface area contributed by atoms with Crippen LogP contribution in [0.4, 0.5) is 0 Å². The minimum atomic E-state index is -0.738. The number of rotatable bonds is 3. The largest absolute Gasteiger partial charge is 0.486 e. The first-order valence-electron chi connectivity index (χ1n) is 5.34. The summed E-state index contributed by atoms with van der Waals surface area (Å²) in [5, 5.41) is 0. The summed E-state index contributed by atoms with van der Waals surface area (Å²) in [6.07, 6.45) is 0. The molecule has 1 aromatic rings. The van der Waals surface area contributed by atoms with Crippen molar-refractivity contribution in [3.63, 3.8) is 0 Å². The van der Waals surface area contributed by atoms with E-state index in [4.69, 9.17) is 15.2 Å². The smallest absolute Gasteiger partial charge is 0.255 e. The number of nitrogens with two attached hydrogens (primary N) is 1. The first-order valence-corrected chi connectivity index (χ1v) is 5.34. The number of benzene rings is 1. The van der Waals surface area contributed by atoms with Crippen molar-refractivity contribution in [2.75, 3.05) is 20.3 Å². The van der Waals surface area contributed by atoms with Gasteiger partial charge in [-0.3, -0.25) is 10.2 Å². The van der Waals surface area contributed by atoms with Gasteiger partial charge in [0.25, 0.3) is 5.91 Å². The molecule has 0 fully saturated rings. The Hall–Kier alpha value is -1.79. The summed E-state index contributed by atoms with van der Waals surface area (Å²) >= 11 is 0. The third-order valence-corrected chi connectivity index (χ3v) is 2.46. The summed E-state index contributed by atoms with van der Waals surface area (Å²) in [6.45, 7) is 1.05. The average Bonchev–Trinajstić information content (AvgIpc) is 2.37. The number of carbonyl (C=O) groups is 1. The number of hydrogen-bond acceptors (Lipinski definition) is 5. The molecule has 92 valence electrons. The molecule has 0 bridgehead atoms. The Morgan fingerprint density at radius 2 is 2.06 bits per heavy atom. The first-order chi connectivity index (χ1) is 8.22. The van der Waals surface area contributed by atoms with Gasteiger partial charge >= 0.3 is 0 Å². The standard InChI is InChI=1S/C11H15N3O3/c1-13-14-11(15)10(12)7-2-3-8-9(6-7)17-5-4-16-8/h2-3,6,10,13H,4-5,12H2,1H3,(H,14,15). The predicted molar refractivity (Wildman–Crippen MR) is 61.6 cm³/mol. The summed E-state index contributed by atoms with van der Waals surface area (Å²) in [4.78, 5) is 11.5. The molecule has 6 nitrogen and oxygen atoms in total. The lowest BCUT2D eigenvalue weighted by Gasteiger charge is -2.20. The van der Waals surface area contributed by atoms with E-state index in [0.29, 0.717) is 30.3 Å². The summed E-state index contributed by atoms with van der Waals surface area (Å²) in [7, 11) is 1.61. The highest BCUT2D eigenvalue weighted by atomic mass is 16.6. The van der Waals surface area contributed by atoms with Gasteiger partial charge in [-0.15, -0.1) is 0 Å². The summed E-state index contributed by atoms with van der Waals surface area (Å²) in [6, 6.07) is 4.51. The SMILES string of the molecule is CNNC(=O)C(N)c1ccc2c(c1)OCCO2. The van der Waals surface area contributed by atoms with Crippen LogP contribution in [0.15, 0.2) is 18.2 Å². The van der Waals surface area contributed by atoms with E-state index < -0.39 is 6.04 Å². The Labute approximate surface area is 99.0 Å². The number of carbonyl (C=O) groups excluding carboxylic acids is 1. The van der Waals surface area contributed by atoms with Gasteiger partial charge in [-0.05, 0) is 17.7 Å². The molecule has 17 heavy (non-hydrogen) atoms. The van der Waals surface area contributed by atoms with Gasteiger partial charge in [0.15, 0.2) is 11.5 Å². The first kappa shape index (κ1) is 11.7.